The van der Waals surface area contributed by atoms with Gasteiger partial charge < -0.3 is 14.8 Å². The summed E-state index contributed by atoms with van der Waals surface area (Å²) < 4.78 is 24.9. The van der Waals surface area contributed by atoms with Crippen LogP contribution in [0.25, 0.3) is 0 Å². The van der Waals surface area contributed by atoms with E-state index in [1.54, 1.807) is 24.3 Å². The Morgan fingerprint density at radius 2 is 2.16 bits per heavy atom. The third kappa shape index (κ3) is 4.54. The van der Waals surface area contributed by atoms with Crippen LogP contribution in [0, 0.1) is 5.82 Å². The lowest BCUT2D eigenvalue weighted by atomic mass is 10.0. The average molecular weight is 344 g/mol. The first-order valence-corrected chi connectivity index (χ1v) is 8.43. The van der Waals surface area contributed by atoms with Gasteiger partial charge in [0.15, 0.2) is 17.3 Å². The number of pyridine rings is 1. The largest absolute Gasteiger partial charge is 0.485 e. The van der Waals surface area contributed by atoms with Crippen molar-refractivity contribution in [3.8, 4) is 11.6 Å². The number of ether oxygens (including phenoxy) is 2. The number of nitrogens with zero attached hydrogens (tertiary/aromatic N) is 1. The average Bonchev–Trinajstić information content (AvgIpc) is 2.58. The first-order chi connectivity index (χ1) is 12.2. The third-order valence-corrected chi connectivity index (χ3v) is 4.03. The minimum Gasteiger partial charge on any atom is -0.485 e. The summed E-state index contributed by atoms with van der Waals surface area (Å²) in [4.78, 5) is 16.3. The standard InChI is InChI=1S/C19H21FN2O3/c1-2-24-19-8-5-14(10-22-19)17(23)6-3-13-4-7-18(16(20)9-13)25-15-11-21-12-15/h4-5,7-10,15,21H,2-3,6,11-12H2,1H3. The maximum absolute atomic E-state index is 14.1. The van der Waals surface area contributed by atoms with Crippen LogP contribution in [-0.2, 0) is 6.42 Å². The highest BCUT2D eigenvalue weighted by molar-refractivity contribution is 5.95. The number of aryl methyl sites for hydroxylation is 1. The minimum absolute atomic E-state index is 0.0307. The zero-order chi connectivity index (χ0) is 17.6. The Balaban J connectivity index is 1.55. The van der Waals surface area contributed by atoms with E-state index in [9.17, 15) is 9.18 Å². The van der Waals surface area contributed by atoms with Crippen molar-refractivity contribution in [3.05, 3.63) is 53.5 Å². The van der Waals surface area contributed by atoms with Gasteiger partial charge in [0.1, 0.15) is 6.10 Å². The smallest absolute Gasteiger partial charge is 0.213 e. The second-order valence-corrected chi connectivity index (χ2v) is 5.90. The van der Waals surface area contributed by atoms with Crippen molar-refractivity contribution in [2.45, 2.75) is 25.9 Å². The van der Waals surface area contributed by atoms with E-state index in [0.717, 1.165) is 18.7 Å². The predicted molar refractivity (Wildman–Crippen MR) is 91.7 cm³/mol. The lowest BCUT2D eigenvalue weighted by molar-refractivity contribution is 0.0982. The van der Waals surface area contributed by atoms with E-state index in [1.807, 2.05) is 6.92 Å². The van der Waals surface area contributed by atoms with Gasteiger partial charge in [-0.05, 0) is 37.1 Å². The van der Waals surface area contributed by atoms with Crippen molar-refractivity contribution >= 4 is 5.78 Å². The Morgan fingerprint density at radius 1 is 1.32 bits per heavy atom. The molecule has 132 valence electrons. The molecule has 3 rings (SSSR count). The van der Waals surface area contributed by atoms with Crippen molar-refractivity contribution in [2.24, 2.45) is 0 Å². The SMILES string of the molecule is CCOc1ccc(C(=O)CCc2ccc(OC3CNC3)c(F)c2)cn1. The summed E-state index contributed by atoms with van der Waals surface area (Å²) in [6, 6.07) is 8.24. The highest BCUT2D eigenvalue weighted by Gasteiger charge is 2.20. The maximum atomic E-state index is 14.1. The van der Waals surface area contributed by atoms with Gasteiger partial charge in [0.05, 0.1) is 6.61 Å². The molecule has 0 aliphatic carbocycles. The van der Waals surface area contributed by atoms with E-state index in [1.165, 1.54) is 12.3 Å². The van der Waals surface area contributed by atoms with Gasteiger partial charge in [-0.2, -0.15) is 0 Å². The molecule has 0 atom stereocenters. The van der Waals surface area contributed by atoms with E-state index in [2.05, 4.69) is 10.3 Å². The second-order valence-electron chi connectivity index (χ2n) is 5.90. The van der Waals surface area contributed by atoms with E-state index in [0.29, 0.717) is 30.9 Å². The highest BCUT2D eigenvalue weighted by Crippen LogP contribution is 2.21. The zero-order valence-electron chi connectivity index (χ0n) is 14.1. The number of rotatable bonds is 8. The quantitative estimate of drug-likeness (QED) is 0.746. The van der Waals surface area contributed by atoms with Crippen molar-refractivity contribution < 1.29 is 18.7 Å². The van der Waals surface area contributed by atoms with Gasteiger partial charge in [0.2, 0.25) is 5.88 Å². The number of benzene rings is 1. The molecule has 1 saturated heterocycles. The first-order valence-electron chi connectivity index (χ1n) is 8.43. The van der Waals surface area contributed by atoms with Gasteiger partial charge in [-0.15, -0.1) is 0 Å². The number of Topliss-reactive ketones (excluding diaryl/α,β-unsaturated/α-hetero) is 1. The summed E-state index contributed by atoms with van der Waals surface area (Å²) in [5, 5.41) is 3.07. The number of hydrogen-bond acceptors (Lipinski definition) is 5. The number of aromatic nitrogens is 1. The number of carbonyl (C=O) groups is 1. The number of halogens is 1. The summed E-state index contributed by atoms with van der Waals surface area (Å²) in [7, 11) is 0. The van der Waals surface area contributed by atoms with Crippen LogP contribution < -0.4 is 14.8 Å². The monoisotopic (exact) mass is 344 g/mol. The van der Waals surface area contributed by atoms with Crippen molar-refractivity contribution in [2.75, 3.05) is 19.7 Å². The molecular weight excluding hydrogens is 323 g/mol. The van der Waals surface area contributed by atoms with E-state index in [4.69, 9.17) is 9.47 Å². The van der Waals surface area contributed by atoms with Gasteiger partial charge in [-0.25, -0.2) is 9.37 Å². The van der Waals surface area contributed by atoms with E-state index >= 15 is 0 Å². The fourth-order valence-electron chi connectivity index (χ4n) is 2.50. The fraction of sp³-hybridized carbons (Fsp3) is 0.368. The van der Waals surface area contributed by atoms with Gasteiger partial charge in [-0.3, -0.25) is 4.79 Å². The molecule has 0 unspecified atom stereocenters. The van der Waals surface area contributed by atoms with Crippen LogP contribution in [-0.4, -0.2) is 36.6 Å². The van der Waals surface area contributed by atoms with Gasteiger partial charge in [0.25, 0.3) is 0 Å². The second kappa shape index (κ2) is 8.07. The molecule has 1 fully saturated rings. The van der Waals surface area contributed by atoms with E-state index in [-0.39, 0.29) is 23.5 Å². The normalized spacial score (nSPS) is 14.0. The number of nitrogens with one attached hydrogen (secondary N) is 1. The van der Waals surface area contributed by atoms with Crippen LogP contribution in [0.2, 0.25) is 0 Å². The Bertz CT molecular complexity index is 730. The molecule has 25 heavy (non-hydrogen) atoms. The Morgan fingerprint density at radius 3 is 2.76 bits per heavy atom. The van der Waals surface area contributed by atoms with Crippen LogP contribution in [0.1, 0.15) is 29.3 Å². The molecular formula is C19H21FN2O3. The number of hydrogen-bond donors (Lipinski definition) is 1. The van der Waals surface area contributed by atoms with Crippen LogP contribution in [0.5, 0.6) is 11.6 Å². The Kier molecular flexibility index (Phi) is 5.60. The summed E-state index contributed by atoms with van der Waals surface area (Å²) in [6.45, 7) is 3.89. The number of ketones is 1. The minimum atomic E-state index is -0.389. The molecule has 0 bridgehead atoms. The molecule has 2 heterocycles. The summed E-state index contributed by atoms with van der Waals surface area (Å²) in [6.07, 6.45) is 2.31. The number of carbonyl (C=O) groups excluding carboxylic acids is 1. The topological polar surface area (TPSA) is 60.5 Å². The van der Waals surface area contributed by atoms with E-state index < -0.39 is 0 Å². The molecule has 0 radical (unpaired) electrons. The fourth-order valence-corrected chi connectivity index (χ4v) is 2.50. The molecule has 1 aliphatic heterocycles. The molecule has 6 heteroatoms. The Labute approximate surface area is 146 Å². The molecule has 0 spiro atoms. The molecule has 1 aromatic heterocycles. The van der Waals surface area contributed by atoms with Crippen LogP contribution in [0.4, 0.5) is 4.39 Å². The predicted octanol–water partition coefficient (Wildman–Crippen LogP) is 2.79. The Hall–Kier alpha value is -2.47. The van der Waals surface area contributed by atoms with Crippen molar-refractivity contribution in [3.63, 3.8) is 0 Å². The molecule has 0 saturated carbocycles. The molecule has 0 amide bonds. The van der Waals surface area contributed by atoms with Crippen LogP contribution >= 0.6 is 0 Å². The molecule has 5 nitrogen and oxygen atoms in total. The van der Waals surface area contributed by atoms with Crippen LogP contribution in [0.3, 0.4) is 0 Å². The lowest BCUT2D eigenvalue weighted by Crippen LogP contribution is -2.50. The molecule has 1 aliphatic rings. The highest BCUT2D eigenvalue weighted by atomic mass is 19.1. The summed E-state index contributed by atoms with van der Waals surface area (Å²) >= 11 is 0. The van der Waals surface area contributed by atoms with Crippen molar-refractivity contribution in [1.82, 2.24) is 10.3 Å². The van der Waals surface area contributed by atoms with Crippen molar-refractivity contribution in [1.29, 1.82) is 0 Å². The van der Waals surface area contributed by atoms with Gasteiger partial charge in [0, 0.05) is 37.3 Å². The summed E-state index contributed by atoms with van der Waals surface area (Å²) in [5.74, 6) is 0.340. The lowest BCUT2D eigenvalue weighted by Gasteiger charge is -2.28. The first kappa shape index (κ1) is 17.4. The van der Waals surface area contributed by atoms with Crippen LogP contribution in [0.15, 0.2) is 36.5 Å². The summed E-state index contributed by atoms with van der Waals surface area (Å²) in [5.41, 5.74) is 1.30. The van der Waals surface area contributed by atoms with Gasteiger partial charge in [-0.1, -0.05) is 6.07 Å². The molecule has 2 aromatic rings. The zero-order valence-corrected chi connectivity index (χ0v) is 14.1. The third-order valence-electron chi connectivity index (χ3n) is 4.03. The molecule has 1 N–H and O–H groups in total. The maximum Gasteiger partial charge on any atom is 0.213 e. The molecule has 1 aromatic carbocycles. The van der Waals surface area contributed by atoms with Gasteiger partial charge >= 0.3 is 0 Å².